The summed E-state index contributed by atoms with van der Waals surface area (Å²) < 4.78 is 1.81. The molecule has 0 aliphatic rings. The summed E-state index contributed by atoms with van der Waals surface area (Å²) >= 11 is 3.37. The molecule has 5 nitrogen and oxygen atoms in total. The fraction of sp³-hybridized carbons (Fsp3) is 0.0625. The molecule has 0 bridgehead atoms. The molecule has 0 N–H and O–H groups in total. The highest BCUT2D eigenvalue weighted by molar-refractivity contribution is 7.14. The van der Waals surface area contributed by atoms with Crippen molar-refractivity contribution in [3.63, 3.8) is 0 Å². The molecule has 0 atom stereocenters. The number of hydrogen-bond acceptors (Lipinski definition) is 6. The predicted molar refractivity (Wildman–Crippen MR) is 94.8 cm³/mol. The van der Waals surface area contributed by atoms with Crippen LogP contribution in [0.5, 0.6) is 0 Å². The Balaban J connectivity index is 1.87. The maximum Gasteiger partial charge on any atom is 0.236 e. The van der Waals surface area contributed by atoms with Gasteiger partial charge < -0.3 is 4.90 Å². The molecule has 0 saturated heterocycles. The SMILES string of the molecule is CN(c1cccs1)c1nc(-n2ccnc2)ncc1-c1cccs1. The van der Waals surface area contributed by atoms with Gasteiger partial charge in [-0.05, 0) is 29.0 Å². The van der Waals surface area contributed by atoms with Crippen molar-refractivity contribution in [1.29, 1.82) is 0 Å². The summed E-state index contributed by atoms with van der Waals surface area (Å²) in [5, 5.41) is 5.26. The normalized spacial score (nSPS) is 10.8. The van der Waals surface area contributed by atoms with Crippen LogP contribution in [-0.2, 0) is 0 Å². The fourth-order valence-electron chi connectivity index (χ4n) is 2.29. The molecule has 23 heavy (non-hydrogen) atoms. The molecule has 4 rings (SSSR count). The Kier molecular flexibility index (Phi) is 3.64. The summed E-state index contributed by atoms with van der Waals surface area (Å²) in [6.07, 6.45) is 7.15. The van der Waals surface area contributed by atoms with E-state index in [0.717, 1.165) is 21.3 Å². The van der Waals surface area contributed by atoms with Crippen LogP contribution in [0.25, 0.3) is 16.4 Å². The number of aromatic nitrogens is 4. The van der Waals surface area contributed by atoms with Crippen molar-refractivity contribution < 1.29 is 0 Å². The van der Waals surface area contributed by atoms with Crippen LogP contribution in [-0.4, -0.2) is 26.6 Å². The van der Waals surface area contributed by atoms with E-state index >= 15 is 0 Å². The molecular weight excluding hydrogens is 326 g/mol. The van der Waals surface area contributed by atoms with Gasteiger partial charge in [0.25, 0.3) is 0 Å². The minimum absolute atomic E-state index is 0.612. The van der Waals surface area contributed by atoms with Crippen molar-refractivity contribution in [2.45, 2.75) is 0 Å². The number of thiophene rings is 2. The van der Waals surface area contributed by atoms with Crippen LogP contribution in [0.3, 0.4) is 0 Å². The van der Waals surface area contributed by atoms with Crippen molar-refractivity contribution in [3.05, 3.63) is 59.9 Å². The van der Waals surface area contributed by atoms with E-state index in [-0.39, 0.29) is 0 Å². The van der Waals surface area contributed by atoms with Crippen molar-refractivity contribution in [1.82, 2.24) is 19.5 Å². The highest BCUT2D eigenvalue weighted by atomic mass is 32.1. The molecule has 7 heteroatoms. The van der Waals surface area contributed by atoms with E-state index in [4.69, 9.17) is 4.98 Å². The van der Waals surface area contributed by atoms with Gasteiger partial charge in [0.15, 0.2) is 0 Å². The molecule has 4 heterocycles. The Morgan fingerprint density at radius 1 is 1.13 bits per heavy atom. The minimum Gasteiger partial charge on any atom is -0.320 e. The zero-order chi connectivity index (χ0) is 15.6. The number of rotatable bonds is 4. The summed E-state index contributed by atoms with van der Waals surface area (Å²) in [5.74, 6) is 1.50. The summed E-state index contributed by atoms with van der Waals surface area (Å²) in [5.41, 5.74) is 1.03. The summed E-state index contributed by atoms with van der Waals surface area (Å²) in [4.78, 5) is 16.6. The first-order valence-corrected chi connectivity index (χ1v) is 8.75. The lowest BCUT2D eigenvalue weighted by molar-refractivity contribution is 0.919. The molecule has 0 fully saturated rings. The van der Waals surface area contributed by atoms with E-state index in [2.05, 4.69) is 37.8 Å². The van der Waals surface area contributed by atoms with Gasteiger partial charge in [-0.25, -0.2) is 9.97 Å². The molecular formula is C16H13N5S2. The average Bonchev–Trinajstić information content (AvgIpc) is 3.37. The van der Waals surface area contributed by atoms with E-state index in [1.165, 1.54) is 0 Å². The standard InChI is InChI=1S/C16H13N5S2/c1-20(14-5-3-9-23-14)15-12(13-4-2-8-22-13)10-18-16(19-15)21-7-6-17-11-21/h2-11H,1H3. The molecule has 0 radical (unpaired) electrons. The zero-order valence-corrected chi connectivity index (χ0v) is 14.0. The van der Waals surface area contributed by atoms with Gasteiger partial charge in [-0.3, -0.25) is 4.57 Å². The van der Waals surface area contributed by atoms with Crippen LogP contribution in [0.1, 0.15) is 0 Å². The predicted octanol–water partition coefficient (Wildman–Crippen LogP) is 4.22. The molecule has 4 aromatic rings. The number of nitrogens with zero attached hydrogens (tertiary/aromatic N) is 5. The fourth-order valence-corrected chi connectivity index (χ4v) is 3.72. The Labute approximate surface area is 141 Å². The molecule has 0 aliphatic heterocycles. The second-order valence-corrected chi connectivity index (χ2v) is 6.74. The number of imidazole rings is 1. The van der Waals surface area contributed by atoms with Gasteiger partial charge >= 0.3 is 0 Å². The van der Waals surface area contributed by atoms with Crippen LogP contribution in [0.15, 0.2) is 59.9 Å². The van der Waals surface area contributed by atoms with Gasteiger partial charge in [0.1, 0.15) is 12.1 Å². The van der Waals surface area contributed by atoms with Gasteiger partial charge in [-0.1, -0.05) is 6.07 Å². The highest BCUT2D eigenvalue weighted by Gasteiger charge is 2.16. The van der Waals surface area contributed by atoms with E-state index in [1.807, 2.05) is 36.1 Å². The van der Waals surface area contributed by atoms with Crippen molar-refractivity contribution in [3.8, 4) is 16.4 Å². The first-order valence-electron chi connectivity index (χ1n) is 6.99. The first kappa shape index (κ1) is 14.1. The molecule has 0 aliphatic carbocycles. The summed E-state index contributed by atoms with van der Waals surface area (Å²) in [6.45, 7) is 0. The van der Waals surface area contributed by atoms with E-state index in [1.54, 1.807) is 35.2 Å². The Bertz CT molecular complexity index is 883. The van der Waals surface area contributed by atoms with Crippen LogP contribution in [0.2, 0.25) is 0 Å². The van der Waals surface area contributed by atoms with Gasteiger partial charge in [0.2, 0.25) is 5.95 Å². The third-order valence-corrected chi connectivity index (χ3v) is 5.28. The molecule has 0 saturated carbocycles. The molecule has 0 spiro atoms. The summed E-state index contributed by atoms with van der Waals surface area (Å²) in [6, 6.07) is 8.26. The van der Waals surface area contributed by atoms with Gasteiger partial charge in [0, 0.05) is 30.5 Å². The zero-order valence-electron chi connectivity index (χ0n) is 12.3. The topological polar surface area (TPSA) is 46.8 Å². The molecule has 0 aromatic carbocycles. The van der Waals surface area contributed by atoms with Gasteiger partial charge in [0.05, 0.1) is 10.6 Å². The quantitative estimate of drug-likeness (QED) is 0.558. The van der Waals surface area contributed by atoms with Crippen LogP contribution < -0.4 is 4.90 Å². The second-order valence-electron chi connectivity index (χ2n) is 4.86. The molecule has 114 valence electrons. The Morgan fingerprint density at radius 2 is 2.00 bits per heavy atom. The Hall–Kier alpha value is -2.51. The molecule has 0 unspecified atom stereocenters. The molecule has 4 aromatic heterocycles. The first-order chi connectivity index (χ1) is 11.3. The number of hydrogen-bond donors (Lipinski definition) is 0. The lowest BCUT2D eigenvalue weighted by Gasteiger charge is -2.19. The van der Waals surface area contributed by atoms with Crippen LogP contribution >= 0.6 is 22.7 Å². The van der Waals surface area contributed by atoms with E-state index in [0.29, 0.717) is 5.95 Å². The van der Waals surface area contributed by atoms with E-state index < -0.39 is 0 Å². The lowest BCUT2D eigenvalue weighted by atomic mass is 10.2. The average molecular weight is 339 g/mol. The minimum atomic E-state index is 0.612. The van der Waals surface area contributed by atoms with Crippen LogP contribution in [0, 0.1) is 0 Å². The van der Waals surface area contributed by atoms with Gasteiger partial charge in [-0.15, -0.1) is 22.7 Å². The third-order valence-electron chi connectivity index (χ3n) is 3.43. The maximum atomic E-state index is 4.78. The summed E-state index contributed by atoms with van der Waals surface area (Å²) in [7, 11) is 2.03. The lowest BCUT2D eigenvalue weighted by Crippen LogP contribution is -2.13. The molecule has 0 amide bonds. The second kappa shape index (κ2) is 5.94. The van der Waals surface area contributed by atoms with Crippen LogP contribution in [0.4, 0.5) is 10.8 Å². The maximum absolute atomic E-state index is 4.78. The monoisotopic (exact) mass is 339 g/mol. The number of anilines is 2. The highest BCUT2D eigenvalue weighted by Crippen LogP contribution is 2.36. The third kappa shape index (κ3) is 2.64. The van der Waals surface area contributed by atoms with Crippen molar-refractivity contribution in [2.24, 2.45) is 0 Å². The Morgan fingerprint density at radius 3 is 2.70 bits per heavy atom. The smallest absolute Gasteiger partial charge is 0.236 e. The van der Waals surface area contributed by atoms with Crippen molar-refractivity contribution >= 4 is 33.5 Å². The van der Waals surface area contributed by atoms with Gasteiger partial charge in [-0.2, -0.15) is 4.98 Å². The van der Waals surface area contributed by atoms with Crippen molar-refractivity contribution in [2.75, 3.05) is 11.9 Å². The largest absolute Gasteiger partial charge is 0.320 e. The van der Waals surface area contributed by atoms with E-state index in [9.17, 15) is 0 Å².